The van der Waals surface area contributed by atoms with E-state index in [4.69, 9.17) is 39.5 Å². The number of benzene rings is 3. The van der Waals surface area contributed by atoms with Crippen molar-refractivity contribution in [3.8, 4) is 5.75 Å². The van der Waals surface area contributed by atoms with Crippen LogP contribution >= 0.6 is 34.8 Å². The Balaban J connectivity index is 1.49. The van der Waals surface area contributed by atoms with E-state index in [1.54, 1.807) is 24.3 Å². The van der Waals surface area contributed by atoms with Crippen molar-refractivity contribution in [3.63, 3.8) is 0 Å². The molecule has 0 saturated heterocycles. The highest BCUT2D eigenvalue weighted by Crippen LogP contribution is 2.40. The molecule has 0 aliphatic carbocycles. The number of nitrogens with zero attached hydrogens (tertiary/aromatic N) is 1. The summed E-state index contributed by atoms with van der Waals surface area (Å²) in [5, 5.41) is 6.45. The molecular formula is C37H42Cl3N3O4. The van der Waals surface area contributed by atoms with E-state index in [0.717, 1.165) is 18.4 Å². The van der Waals surface area contributed by atoms with Gasteiger partial charge in [0.25, 0.3) is 11.8 Å². The maximum atomic E-state index is 13.5. The first-order valence-corrected chi connectivity index (χ1v) is 16.9. The Bertz CT molecular complexity index is 1690. The fraction of sp³-hybridized carbons (Fsp3) is 0.378. The number of halogens is 3. The van der Waals surface area contributed by atoms with Gasteiger partial charge in [-0.25, -0.2) is 0 Å². The van der Waals surface area contributed by atoms with Gasteiger partial charge in [0.15, 0.2) is 6.10 Å². The number of nitrogens with one attached hydrogen (secondary N) is 2. The molecule has 1 aliphatic heterocycles. The third kappa shape index (κ3) is 8.32. The molecule has 47 heavy (non-hydrogen) atoms. The smallest absolute Gasteiger partial charge is 0.265 e. The summed E-state index contributed by atoms with van der Waals surface area (Å²) in [5.74, 6) is -0.385. The normalized spacial score (nSPS) is 14.1. The summed E-state index contributed by atoms with van der Waals surface area (Å²) < 4.78 is 6.40. The van der Waals surface area contributed by atoms with E-state index in [9.17, 15) is 14.4 Å². The summed E-state index contributed by atoms with van der Waals surface area (Å²) in [6.45, 7) is 15.1. The number of rotatable bonds is 12. The van der Waals surface area contributed by atoms with E-state index in [0.29, 0.717) is 34.1 Å². The van der Waals surface area contributed by atoms with Crippen LogP contribution in [0.3, 0.4) is 0 Å². The minimum Gasteiger partial charge on any atom is -0.480 e. The van der Waals surface area contributed by atoms with Gasteiger partial charge < -0.3 is 15.4 Å². The van der Waals surface area contributed by atoms with Gasteiger partial charge in [0.1, 0.15) is 5.75 Å². The molecule has 7 nitrogen and oxygen atoms in total. The standard InChI is InChI=1S/C37H42Cl3N3O4/c1-8-30(47-31-15-14-23(36(4,5)9-2)17-27(31)37(6,7)10-3)35(46)41-25-13-11-12-22(16-25)34(45)42-26-20-32(44)43(21-26)33-28(39)18-24(38)19-29(33)40/h11-19,21,30H,8-10,20H2,1-7H3,(H,41,46)(H,42,45). The van der Waals surface area contributed by atoms with Gasteiger partial charge in [-0.3, -0.25) is 19.3 Å². The van der Waals surface area contributed by atoms with Crippen molar-refractivity contribution in [2.24, 2.45) is 0 Å². The van der Waals surface area contributed by atoms with Crippen LogP contribution in [0, 0.1) is 0 Å². The van der Waals surface area contributed by atoms with Gasteiger partial charge in [-0.1, -0.05) is 101 Å². The van der Waals surface area contributed by atoms with Crippen LogP contribution < -0.4 is 20.3 Å². The fourth-order valence-corrected chi connectivity index (χ4v) is 6.18. The first kappa shape index (κ1) is 36.3. The van der Waals surface area contributed by atoms with E-state index in [-0.39, 0.29) is 44.8 Å². The summed E-state index contributed by atoms with van der Waals surface area (Å²) >= 11 is 18.6. The van der Waals surface area contributed by atoms with Gasteiger partial charge in [0, 0.05) is 33.7 Å². The molecule has 3 amide bonds. The molecule has 250 valence electrons. The Morgan fingerprint density at radius 2 is 1.55 bits per heavy atom. The van der Waals surface area contributed by atoms with E-state index >= 15 is 0 Å². The average molecular weight is 699 g/mol. The summed E-state index contributed by atoms with van der Waals surface area (Å²) in [6.07, 6.45) is 3.03. The SMILES string of the molecule is CCC(Oc1ccc(C(C)(C)CC)cc1C(C)(C)CC)C(=O)Nc1cccc(C(=O)NC2=CN(c3c(Cl)cc(Cl)cc3Cl)C(=O)C2)c1. The van der Waals surface area contributed by atoms with Gasteiger partial charge in [-0.15, -0.1) is 0 Å². The molecular weight excluding hydrogens is 657 g/mol. The van der Waals surface area contributed by atoms with Crippen molar-refractivity contribution in [3.05, 3.63) is 98.3 Å². The predicted octanol–water partition coefficient (Wildman–Crippen LogP) is 9.83. The van der Waals surface area contributed by atoms with Crippen molar-refractivity contribution >= 4 is 63.9 Å². The molecule has 0 fully saturated rings. The van der Waals surface area contributed by atoms with Crippen molar-refractivity contribution in [1.82, 2.24) is 5.32 Å². The Morgan fingerprint density at radius 3 is 2.17 bits per heavy atom. The molecule has 3 aromatic carbocycles. The lowest BCUT2D eigenvalue weighted by Gasteiger charge is -2.31. The Kier molecular flexibility index (Phi) is 11.4. The largest absolute Gasteiger partial charge is 0.480 e. The molecule has 1 unspecified atom stereocenters. The van der Waals surface area contributed by atoms with Crippen LogP contribution in [-0.4, -0.2) is 23.8 Å². The van der Waals surface area contributed by atoms with E-state index < -0.39 is 12.0 Å². The minimum absolute atomic E-state index is 0.0112. The number of hydrogen-bond donors (Lipinski definition) is 2. The molecule has 0 radical (unpaired) electrons. The number of amides is 3. The van der Waals surface area contributed by atoms with Gasteiger partial charge in [0.05, 0.1) is 22.2 Å². The highest BCUT2D eigenvalue weighted by Gasteiger charge is 2.30. The van der Waals surface area contributed by atoms with Crippen LogP contribution in [0.4, 0.5) is 11.4 Å². The summed E-state index contributed by atoms with van der Waals surface area (Å²) in [4.78, 5) is 40.7. The summed E-state index contributed by atoms with van der Waals surface area (Å²) in [5.41, 5.74) is 3.56. The summed E-state index contributed by atoms with van der Waals surface area (Å²) in [7, 11) is 0. The number of ether oxygens (including phenoxy) is 1. The third-order valence-electron chi connectivity index (χ3n) is 8.97. The summed E-state index contributed by atoms with van der Waals surface area (Å²) in [6, 6.07) is 15.9. The molecule has 1 aliphatic rings. The van der Waals surface area contributed by atoms with Gasteiger partial charge in [0.2, 0.25) is 5.91 Å². The lowest BCUT2D eigenvalue weighted by Crippen LogP contribution is -2.33. The van der Waals surface area contributed by atoms with Crippen molar-refractivity contribution < 1.29 is 19.1 Å². The van der Waals surface area contributed by atoms with Crippen LogP contribution in [0.25, 0.3) is 0 Å². The van der Waals surface area contributed by atoms with Crippen LogP contribution in [0.5, 0.6) is 5.75 Å². The lowest BCUT2D eigenvalue weighted by molar-refractivity contribution is -0.123. The van der Waals surface area contributed by atoms with Gasteiger partial charge in [-0.2, -0.15) is 0 Å². The zero-order valence-electron chi connectivity index (χ0n) is 27.9. The number of carbonyl (C=O) groups is 3. The molecule has 2 N–H and O–H groups in total. The second-order valence-electron chi connectivity index (χ2n) is 13.0. The first-order chi connectivity index (χ1) is 22.1. The fourth-order valence-electron chi connectivity index (χ4n) is 5.18. The lowest BCUT2D eigenvalue weighted by atomic mass is 9.76. The third-order valence-corrected chi connectivity index (χ3v) is 9.77. The van der Waals surface area contributed by atoms with Gasteiger partial charge in [-0.05, 0) is 72.1 Å². The molecule has 0 spiro atoms. The number of anilines is 2. The second-order valence-corrected chi connectivity index (χ2v) is 14.3. The van der Waals surface area contributed by atoms with Crippen molar-refractivity contribution in [1.29, 1.82) is 0 Å². The van der Waals surface area contributed by atoms with Crippen LogP contribution in [0.2, 0.25) is 15.1 Å². The zero-order valence-corrected chi connectivity index (χ0v) is 30.2. The van der Waals surface area contributed by atoms with Crippen LogP contribution in [0.15, 0.2) is 66.5 Å². The molecule has 1 heterocycles. The van der Waals surface area contributed by atoms with Crippen LogP contribution in [0.1, 0.15) is 95.6 Å². The first-order valence-electron chi connectivity index (χ1n) is 15.8. The average Bonchev–Trinajstić information content (AvgIpc) is 3.37. The Labute approximate surface area is 292 Å². The molecule has 0 aromatic heterocycles. The van der Waals surface area contributed by atoms with Gasteiger partial charge >= 0.3 is 0 Å². The molecule has 3 aromatic rings. The molecule has 10 heteroatoms. The zero-order chi connectivity index (χ0) is 34.7. The highest BCUT2D eigenvalue weighted by molar-refractivity contribution is 6.42. The highest BCUT2D eigenvalue weighted by atomic mass is 35.5. The minimum atomic E-state index is -0.754. The molecule has 0 saturated carbocycles. The quantitative estimate of drug-likeness (QED) is 0.197. The van der Waals surface area contributed by atoms with E-state index in [1.807, 2.05) is 13.0 Å². The number of hydrogen-bond acceptors (Lipinski definition) is 4. The maximum Gasteiger partial charge on any atom is 0.265 e. The van der Waals surface area contributed by atoms with Crippen LogP contribution in [-0.2, 0) is 20.4 Å². The van der Waals surface area contributed by atoms with E-state index in [1.165, 1.54) is 28.8 Å². The number of carbonyl (C=O) groups excluding carboxylic acids is 3. The second kappa shape index (κ2) is 14.7. The Hall–Kier alpha value is -3.52. The molecule has 0 bridgehead atoms. The predicted molar refractivity (Wildman–Crippen MR) is 192 cm³/mol. The van der Waals surface area contributed by atoms with Crippen molar-refractivity contribution in [2.45, 2.75) is 91.1 Å². The maximum absolute atomic E-state index is 13.5. The molecule has 4 rings (SSSR count). The van der Waals surface area contributed by atoms with E-state index in [2.05, 4.69) is 64.3 Å². The Morgan fingerprint density at radius 1 is 0.894 bits per heavy atom. The molecule has 1 atom stereocenters. The topological polar surface area (TPSA) is 87.7 Å². The monoisotopic (exact) mass is 697 g/mol. The van der Waals surface area contributed by atoms with Crippen molar-refractivity contribution in [2.75, 3.05) is 10.2 Å².